The highest BCUT2D eigenvalue weighted by atomic mass is 79.9. The van der Waals surface area contributed by atoms with Crippen molar-refractivity contribution in [2.24, 2.45) is 5.92 Å². The zero-order chi connectivity index (χ0) is 9.26. The SMILES string of the molecule is CCNC(c1ccoc1Br)C1CC1. The first-order chi connectivity index (χ1) is 6.33. The molecular formula is C10H14BrNO. The van der Waals surface area contributed by atoms with Crippen molar-refractivity contribution >= 4 is 15.9 Å². The van der Waals surface area contributed by atoms with E-state index in [0.717, 1.165) is 17.1 Å². The molecule has 2 rings (SSSR count). The lowest BCUT2D eigenvalue weighted by molar-refractivity contribution is 0.475. The Balaban J connectivity index is 2.14. The summed E-state index contributed by atoms with van der Waals surface area (Å²) in [7, 11) is 0. The molecule has 0 bridgehead atoms. The second-order valence-corrected chi connectivity index (χ2v) is 4.24. The maximum Gasteiger partial charge on any atom is 0.173 e. The summed E-state index contributed by atoms with van der Waals surface area (Å²) >= 11 is 3.43. The summed E-state index contributed by atoms with van der Waals surface area (Å²) in [6.07, 6.45) is 4.43. The van der Waals surface area contributed by atoms with E-state index in [1.807, 2.05) is 0 Å². The minimum atomic E-state index is 0.484. The van der Waals surface area contributed by atoms with Crippen LogP contribution in [-0.2, 0) is 0 Å². The first-order valence-electron chi connectivity index (χ1n) is 4.79. The van der Waals surface area contributed by atoms with Gasteiger partial charge < -0.3 is 9.73 Å². The van der Waals surface area contributed by atoms with E-state index in [0.29, 0.717) is 6.04 Å². The molecule has 1 atom stereocenters. The van der Waals surface area contributed by atoms with Crippen molar-refractivity contribution in [2.45, 2.75) is 25.8 Å². The van der Waals surface area contributed by atoms with Gasteiger partial charge in [0.1, 0.15) is 0 Å². The Morgan fingerprint density at radius 2 is 2.46 bits per heavy atom. The lowest BCUT2D eigenvalue weighted by Crippen LogP contribution is -2.22. The minimum absolute atomic E-state index is 0.484. The van der Waals surface area contributed by atoms with Crippen molar-refractivity contribution in [3.05, 3.63) is 22.6 Å². The Bertz CT molecular complexity index is 280. The van der Waals surface area contributed by atoms with Crippen molar-refractivity contribution in [1.29, 1.82) is 0 Å². The molecule has 1 aliphatic rings. The van der Waals surface area contributed by atoms with E-state index in [9.17, 15) is 0 Å². The van der Waals surface area contributed by atoms with Crippen LogP contribution in [-0.4, -0.2) is 6.54 Å². The molecule has 0 radical (unpaired) electrons. The van der Waals surface area contributed by atoms with Crippen molar-refractivity contribution in [1.82, 2.24) is 5.32 Å². The summed E-state index contributed by atoms with van der Waals surface area (Å²) in [6, 6.07) is 2.54. The molecule has 1 aliphatic carbocycles. The van der Waals surface area contributed by atoms with Crippen molar-refractivity contribution in [3.63, 3.8) is 0 Å². The van der Waals surface area contributed by atoms with Crippen LogP contribution in [0.1, 0.15) is 31.4 Å². The minimum Gasteiger partial charge on any atom is -0.457 e. The van der Waals surface area contributed by atoms with Crippen LogP contribution in [0, 0.1) is 5.92 Å². The predicted molar refractivity (Wildman–Crippen MR) is 55.5 cm³/mol. The fraction of sp³-hybridized carbons (Fsp3) is 0.600. The van der Waals surface area contributed by atoms with E-state index in [1.54, 1.807) is 6.26 Å². The monoisotopic (exact) mass is 243 g/mol. The van der Waals surface area contributed by atoms with E-state index in [4.69, 9.17) is 4.42 Å². The Morgan fingerprint density at radius 3 is 2.92 bits per heavy atom. The highest BCUT2D eigenvalue weighted by Crippen LogP contribution is 2.43. The topological polar surface area (TPSA) is 25.2 Å². The number of hydrogen-bond acceptors (Lipinski definition) is 2. The molecule has 13 heavy (non-hydrogen) atoms. The van der Waals surface area contributed by atoms with E-state index in [2.05, 4.69) is 34.2 Å². The molecule has 1 unspecified atom stereocenters. The van der Waals surface area contributed by atoms with E-state index >= 15 is 0 Å². The van der Waals surface area contributed by atoms with Gasteiger partial charge in [-0.05, 0) is 47.3 Å². The van der Waals surface area contributed by atoms with E-state index < -0.39 is 0 Å². The number of furan rings is 1. The van der Waals surface area contributed by atoms with Crippen molar-refractivity contribution < 1.29 is 4.42 Å². The van der Waals surface area contributed by atoms with E-state index in [1.165, 1.54) is 18.4 Å². The van der Waals surface area contributed by atoms with Gasteiger partial charge in [0, 0.05) is 11.6 Å². The number of halogens is 1. The van der Waals surface area contributed by atoms with Crippen LogP contribution in [0.2, 0.25) is 0 Å². The molecule has 1 fully saturated rings. The molecule has 0 aromatic carbocycles. The third kappa shape index (κ3) is 1.97. The van der Waals surface area contributed by atoms with Crippen LogP contribution in [0.15, 0.2) is 21.4 Å². The summed E-state index contributed by atoms with van der Waals surface area (Å²) in [4.78, 5) is 0. The van der Waals surface area contributed by atoms with Gasteiger partial charge in [-0.25, -0.2) is 0 Å². The number of rotatable bonds is 4. The summed E-state index contributed by atoms with van der Waals surface area (Å²) in [5.41, 5.74) is 1.27. The quantitative estimate of drug-likeness (QED) is 0.880. The van der Waals surface area contributed by atoms with Crippen LogP contribution in [0.4, 0.5) is 0 Å². The maximum absolute atomic E-state index is 5.25. The second-order valence-electron chi connectivity index (χ2n) is 3.52. The molecule has 1 N–H and O–H groups in total. The molecule has 1 saturated carbocycles. The standard InChI is InChI=1S/C10H14BrNO/c1-2-12-9(7-3-4-7)8-5-6-13-10(8)11/h5-7,9,12H,2-4H2,1H3. The van der Waals surface area contributed by atoms with Crippen LogP contribution < -0.4 is 5.32 Å². The molecule has 2 nitrogen and oxygen atoms in total. The fourth-order valence-electron chi connectivity index (χ4n) is 1.71. The molecule has 1 aromatic rings. The highest BCUT2D eigenvalue weighted by Gasteiger charge is 2.33. The Labute approximate surface area is 86.8 Å². The Morgan fingerprint density at radius 1 is 1.69 bits per heavy atom. The highest BCUT2D eigenvalue weighted by molar-refractivity contribution is 9.10. The molecule has 3 heteroatoms. The van der Waals surface area contributed by atoms with Crippen molar-refractivity contribution in [2.75, 3.05) is 6.54 Å². The lowest BCUT2D eigenvalue weighted by atomic mass is 10.1. The van der Waals surface area contributed by atoms with Gasteiger partial charge in [0.05, 0.1) is 6.26 Å². The molecule has 72 valence electrons. The van der Waals surface area contributed by atoms with Gasteiger partial charge >= 0.3 is 0 Å². The summed E-state index contributed by atoms with van der Waals surface area (Å²) in [6.45, 7) is 3.15. The molecule has 1 heterocycles. The third-order valence-electron chi connectivity index (χ3n) is 2.50. The average molecular weight is 244 g/mol. The normalized spacial score (nSPS) is 18.9. The zero-order valence-electron chi connectivity index (χ0n) is 7.72. The van der Waals surface area contributed by atoms with Gasteiger partial charge in [0.15, 0.2) is 4.67 Å². The first kappa shape index (κ1) is 9.28. The average Bonchev–Trinajstić information content (AvgIpc) is 2.86. The smallest absolute Gasteiger partial charge is 0.173 e. The molecule has 0 aliphatic heterocycles. The van der Waals surface area contributed by atoms with Gasteiger partial charge in [-0.2, -0.15) is 0 Å². The van der Waals surface area contributed by atoms with Crippen LogP contribution in [0.3, 0.4) is 0 Å². The summed E-state index contributed by atoms with van der Waals surface area (Å²) in [5, 5.41) is 3.50. The van der Waals surface area contributed by atoms with Crippen LogP contribution in [0.25, 0.3) is 0 Å². The van der Waals surface area contributed by atoms with Crippen LogP contribution in [0.5, 0.6) is 0 Å². The Hall–Kier alpha value is -0.280. The van der Waals surface area contributed by atoms with Gasteiger partial charge in [-0.3, -0.25) is 0 Å². The third-order valence-corrected chi connectivity index (χ3v) is 3.14. The van der Waals surface area contributed by atoms with Gasteiger partial charge in [-0.15, -0.1) is 0 Å². The van der Waals surface area contributed by atoms with Gasteiger partial charge in [0.25, 0.3) is 0 Å². The lowest BCUT2D eigenvalue weighted by Gasteiger charge is -2.15. The molecule has 0 amide bonds. The van der Waals surface area contributed by atoms with E-state index in [-0.39, 0.29) is 0 Å². The first-order valence-corrected chi connectivity index (χ1v) is 5.58. The van der Waals surface area contributed by atoms with Gasteiger partial charge in [-0.1, -0.05) is 6.92 Å². The predicted octanol–water partition coefficient (Wildman–Crippen LogP) is 3.10. The molecule has 1 aromatic heterocycles. The number of hydrogen-bond donors (Lipinski definition) is 1. The van der Waals surface area contributed by atoms with Gasteiger partial charge in [0.2, 0.25) is 0 Å². The number of nitrogens with one attached hydrogen (secondary N) is 1. The second kappa shape index (κ2) is 3.84. The molecule has 0 spiro atoms. The van der Waals surface area contributed by atoms with Crippen molar-refractivity contribution in [3.8, 4) is 0 Å². The summed E-state index contributed by atoms with van der Waals surface area (Å²) < 4.78 is 6.13. The fourth-order valence-corrected chi connectivity index (χ4v) is 2.19. The maximum atomic E-state index is 5.25. The summed E-state index contributed by atoms with van der Waals surface area (Å²) in [5.74, 6) is 0.814. The molecular weight excluding hydrogens is 230 g/mol. The Kier molecular flexibility index (Phi) is 2.74. The zero-order valence-corrected chi connectivity index (χ0v) is 9.30. The molecule has 0 saturated heterocycles. The van der Waals surface area contributed by atoms with Crippen LogP contribution >= 0.6 is 15.9 Å². The largest absolute Gasteiger partial charge is 0.457 e.